The summed E-state index contributed by atoms with van der Waals surface area (Å²) >= 11 is 0. The SMILES string of the molecule is CCCc1ccc(S(=O)(=O)NCc2ccc(S(N)(=O)=O)cc2)cc1. The molecule has 0 aliphatic carbocycles. The van der Waals surface area contributed by atoms with E-state index in [-0.39, 0.29) is 16.3 Å². The fraction of sp³-hybridized carbons (Fsp3) is 0.250. The maximum atomic E-state index is 12.3. The van der Waals surface area contributed by atoms with Crippen LogP contribution >= 0.6 is 0 Å². The molecule has 0 aliphatic heterocycles. The monoisotopic (exact) mass is 368 g/mol. The van der Waals surface area contributed by atoms with Crippen LogP contribution in [0.5, 0.6) is 0 Å². The number of sulfonamides is 2. The maximum absolute atomic E-state index is 12.3. The van der Waals surface area contributed by atoms with E-state index in [9.17, 15) is 16.8 Å². The largest absolute Gasteiger partial charge is 0.240 e. The first-order valence-electron chi connectivity index (χ1n) is 7.43. The Hall–Kier alpha value is -1.74. The molecule has 2 aromatic carbocycles. The summed E-state index contributed by atoms with van der Waals surface area (Å²) in [5.74, 6) is 0. The summed E-state index contributed by atoms with van der Waals surface area (Å²) in [6.45, 7) is 2.12. The van der Waals surface area contributed by atoms with Gasteiger partial charge in [-0.3, -0.25) is 0 Å². The molecule has 0 saturated heterocycles. The normalized spacial score (nSPS) is 12.2. The number of rotatable bonds is 7. The summed E-state index contributed by atoms with van der Waals surface area (Å²) in [4.78, 5) is 0.184. The van der Waals surface area contributed by atoms with Crippen LogP contribution in [0.2, 0.25) is 0 Å². The molecule has 0 radical (unpaired) electrons. The Labute approximate surface area is 142 Å². The predicted octanol–water partition coefficient (Wildman–Crippen LogP) is 1.77. The molecule has 0 aliphatic rings. The number of nitrogens with two attached hydrogens (primary N) is 1. The van der Waals surface area contributed by atoms with Gasteiger partial charge in [0.15, 0.2) is 0 Å². The molecule has 6 nitrogen and oxygen atoms in total. The first-order valence-corrected chi connectivity index (χ1v) is 10.5. The molecule has 24 heavy (non-hydrogen) atoms. The zero-order valence-electron chi connectivity index (χ0n) is 13.3. The van der Waals surface area contributed by atoms with Crippen molar-refractivity contribution in [2.45, 2.75) is 36.1 Å². The lowest BCUT2D eigenvalue weighted by atomic mass is 10.1. The van der Waals surface area contributed by atoms with Gasteiger partial charge in [-0.15, -0.1) is 0 Å². The molecule has 130 valence electrons. The zero-order chi connectivity index (χ0) is 17.8. The second-order valence-corrected chi connectivity index (χ2v) is 8.74. The van der Waals surface area contributed by atoms with Crippen molar-refractivity contribution in [1.82, 2.24) is 4.72 Å². The molecular formula is C16H20N2O4S2. The van der Waals surface area contributed by atoms with Gasteiger partial charge in [-0.2, -0.15) is 0 Å². The number of nitrogens with one attached hydrogen (secondary N) is 1. The van der Waals surface area contributed by atoms with Crippen LogP contribution < -0.4 is 9.86 Å². The number of primary sulfonamides is 1. The van der Waals surface area contributed by atoms with Crippen LogP contribution in [0, 0.1) is 0 Å². The molecule has 0 spiro atoms. The Kier molecular flexibility index (Phi) is 5.76. The summed E-state index contributed by atoms with van der Waals surface area (Å²) in [6, 6.07) is 12.5. The number of hydrogen-bond donors (Lipinski definition) is 2. The topological polar surface area (TPSA) is 106 Å². The molecule has 0 atom stereocenters. The van der Waals surface area contributed by atoms with Crippen molar-refractivity contribution in [3.63, 3.8) is 0 Å². The van der Waals surface area contributed by atoms with Crippen molar-refractivity contribution in [3.8, 4) is 0 Å². The molecule has 2 rings (SSSR count). The molecule has 0 saturated carbocycles. The lowest BCUT2D eigenvalue weighted by Crippen LogP contribution is -2.23. The van der Waals surface area contributed by atoms with E-state index in [2.05, 4.69) is 11.6 Å². The highest BCUT2D eigenvalue weighted by atomic mass is 32.2. The summed E-state index contributed by atoms with van der Waals surface area (Å²) < 4.78 is 49.4. The van der Waals surface area contributed by atoms with E-state index in [0.717, 1.165) is 18.4 Å². The van der Waals surface area contributed by atoms with Crippen molar-refractivity contribution in [2.24, 2.45) is 5.14 Å². The average Bonchev–Trinajstić information content (AvgIpc) is 2.53. The fourth-order valence-electron chi connectivity index (χ4n) is 2.18. The lowest BCUT2D eigenvalue weighted by Gasteiger charge is -2.08. The standard InChI is InChI=1S/C16H20N2O4S2/c1-2-3-13-4-10-16(11-5-13)24(21,22)18-12-14-6-8-15(9-7-14)23(17,19)20/h4-11,18H,2-3,12H2,1H3,(H2,17,19,20). The van der Waals surface area contributed by atoms with Crippen molar-refractivity contribution in [1.29, 1.82) is 0 Å². The second kappa shape index (κ2) is 7.43. The third-order valence-corrected chi connectivity index (χ3v) is 5.84. The average molecular weight is 368 g/mol. The lowest BCUT2D eigenvalue weighted by molar-refractivity contribution is 0.581. The van der Waals surface area contributed by atoms with E-state index < -0.39 is 20.0 Å². The Bertz CT molecular complexity index is 888. The highest BCUT2D eigenvalue weighted by molar-refractivity contribution is 7.89. The summed E-state index contributed by atoms with van der Waals surface area (Å²) in [5, 5.41) is 5.02. The van der Waals surface area contributed by atoms with E-state index in [0.29, 0.717) is 5.56 Å². The van der Waals surface area contributed by atoms with Crippen LogP contribution in [-0.2, 0) is 33.0 Å². The van der Waals surface area contributed by atoms with Crippen molar-refractivity contribution in [3.05, 3.63) is 59.7 Å². The molecule has 0 bridgehead atoms. The van der Waals surface area contributed by atoms with E-state index in [4.69, 9.17) is 5.14 Å². The van der Waals surface area contributed by atoms with Crippen molar-refractivity contribution in [2.75, 3.05) is 0 Å². The van der Waals surface area contributed by atoms with Crippen LogP contribution in [-0.4, -0.2) is 16.8 Å². The van der Waals surface area contributed by atoms with Gasteiger partial charge in [0.05, 0.1) is 9.79 Å². The molecule has 0 aromatic heterocycles. The van der Waals surface area contributed by atoms with Gasteiger partial charge in [-0.1, -0.05) is 37.6 Å². The van der Waals surface area contributed by atoms with E-state index in [1.807, 2.05) is 0 Å². The smallest absolute Gasteiger partial charge is 0.225 e. The van der Waals surface area contributed by atoms with Gasteiger partial charge in [0, 0.05) is 6.54 Å². The van der Waals surface area contributed by atoms with E-state index in [1.165, 1.54) is 24.3 Å². The molecule has 2 aromatic rings. The van der Waals surface area contributed by atoms with Gasteiger partial charge in [0.1, 0.15) is 0 Å². The maximum Gasteiger partial charge on any atom is 0.240 e. The number of aryl methyl sites for hydroxylation is 1. The first-order chi connectivity index (χ1) is 11.2. The molecule has 3 N–H and O–H groups in total. The van der Waals surface area contributed by atoms with E-state index in [1.54, 1.807) is 24.3 Å². The van der Waals surface area contributed by atoms with Crippen LogP contribution in [0.25, 0.3) is 0 Å². The molecule has 0 fully saturated rings. The number of benzene rings is 2. The van der Waals surface area contributed by atoms with Crippen LogP contribution in [0.4, 0.5) is 0 Å². The van der Waals surface area contributed by atoms with Crippen LogP contribution in [0.1, 0.15) is 24.5 Å². The summed E-state index contributed by atoms with van der Waals surface area (Å²) in [5.41, 5.74) is 1.73. The third kappa shape index (κ3) is 4.88. The molecule has 0 heterocycles. The van der Waals surface area contributed by atoms with Gasteiger partial charge in [0.2, 0.25) is 20.0 Å². The molecule has 0 unspecified atom stereocenters. The van der Waals surface area contributed by atoms with E-state index >= 15 is 0 Å². The molecular weight excluding hydrogens is 348 g/mol. The third-order valence-electron chi connectivity index (χ3n) is 3.49. The molecule has 8 heteroatoms. The van der Waals surface area contributed by atoms with Gasteiger partial charge in [-0.05, 0) is 41.8 Å². The highest BCUT2D eigenvalue weighted by Gasteiger charge is 2.14. The number of hydrogen-bond acceptors (Lipinski definition) is 4. The summed E-state index contributed by atoms with van der Waals surface area (Å²) in [7, 11) is -7.38. The van der Waals surface area contributed by atoms with Gasteiger partial charge >= 0.3 is 0 Å². The quantitative estimate of drug-likeness (QED) is 0.776. The Morgan fingerprint density at radius 3 is 1.83 bits per heavy atom. The zero-order valence-corrected chi connectivity index (χ0v) is 14.9. The van der Waals surface area contributed by atoms with Crippen LogP contribution in [0.3, 0.4) is 0 Å². The highest BCUT2D eigenvalue weighted by Crippen LogP contribution is 2.13. The Morgan fingerprint density at radius 2 is 1.33 bits per heavy atom. The minimum absolute atomic E-state index is 0.0133. The minimum Gasteiger partial charge on any atom is -0.225 e. The summed E-state index contributed by atoms with van der Waals surface area (Å²) in [6.07, 6.45) is 1.91. The molecule has 0 amide bonds. The van der Waals surface area contributed by atoms with Gasteiger partial charge in [-0.25, -0.2) is 26.7 Å². The minimum atomic E-state index is -3.75. The van der Waals surface area contributed by atoms with Gasteiger partial charge in [0.25, 0.3) is 0 Å². The Morgan fingerprint density at radius 1 is 0.833 bits per heavy atom. The second-order valence-electron chi connectivity index (χ2n) is 5.41. The van der Waals surface area contributed by atoms with Crippen LogP contribution in [0.15, 0.2) is 58.3 Å². The van der Waals surface area contributed by atoms with Gasteiger partial charge < -0.3 is 0 Å². The van der Waals surface area contributed by atoms with Crippen molar-refractivity contribution >= 4 is 20.0 Å². The predicted molar refractivity (Wildman–Crippen MR) is 92.3 cm³/mol. The van der Waals surface area contributed by atoms with Crippen molar-refractivity contribution < 1.29 is 16.8 Å². The fourth-order valence-corrected chi connectivity index (χ4v) is 3.72. The Balaban J connectivity index is 2.07. The first kappa shape index (κ1) is 18.6.